The molecule has 2 heteroatoms. The normalized spacial score (nSPS) is 9.44. The summed E-state index contributed by atoms with van der Waals surface area (Å²) >= 11 is 0. The lowest BCUT2D eigenvalue weighted by molar-refractivity contribution is 0.939. The van der Waals surface area contributed by atoms with E-state index in [1.54, 1.807) is 12.4 Å². The molecule has 0 saturated carbocycles. The zero-order chi connectivity index (χ0) is 6.53. The summed E-state index contributed by atoms with van der Waals surface area (Å²) in [5.74, 6) is 0. The molecule has 0 N–H and O–H groups in total. The van der Waals surface area contributed by atoms with Crippen molar-refractivity contribution in [2.75, 3.05) is 0 Å². The van der Waals surface area contributed by atoms with E-state index < -0.39 is 0 Å². The highest BCUT2D eigenvalue weighted by atomic mass is 15.1. The summed E-state index contributed by atoms with van der Waals surface area (Å²) in [7, 11) is 0. The van der Waals surface area contributed by atoms with Crippen molar-refractivity contribution in [2.45, 2.75) is 12.8 Å². The van der Waals surface area contributed by atoms with Crippen molar-refractivity contribution >= 4 is 0 Å². The van der Waals surface area contributed by atoms with Crippen LogP contribution >= 0.6 is 0 Å². The third kappa shape index (κ3) is 1.80. The van der Waals surface area contributed by atoms with Crippen LogP contribution in [0.25, 0.3) is 0 Å². The minimum atomic E-state index is 0.922. The Labute approximate surface area is 54.9 Å². The standard InChI is InChI=1S/C7H9N2/c1-2-3-7-4-5-8-9-6-7/h4-6H,1-3H2. The molecule has 47 valence electrons. The van der Waals surface area contributed by atoms with Crippen molar-refractivity contribution in [1.82, 2.24) is 10.2 Å². The highest BCUT2D eigenvalue weighted by molar-refractivity contribution is 5.04. The van der Waals surface area contributed by atoms with Crippen LogP contribution in [0.3, 0.4) is 0 Å². The monoisotopic (exact) mass is 121 g/mol. The van der Waals surface area contributed by atoms with E-state index in [4.69, 9.17) is 0 Å². The molecule has 9 heavy (non-hydrogen) atoms. The summed E-state index contributed by atoms with van der Waals surface area (Å²) < 4.78 is 0. The number of aryl methyl sites for hydroxylation is 1. The third-order valence-electron chi connectivity index (χ3n) is 1.11. The van der Waals surface area contributed by atoms with Crippen LogP contribution in [-0.4, -0.2) is 10.2 Å². The quantitative estimate of drug-likeness (QED) is 0.588. The van der Waals surface area contributed by atoms with Crippen LogP contribution in [0.1, 0.15) is 12.0 Å². The molecule has 0 saturated heterocycles. The summed E-state index contributed by atoms with van der Waals surface area (Å²) in [5.41, 5.74) is 1.21. The van der Waals surface area contributed by atoms with Gasteiger partial charge < -0.3 is 0 Å². The van der Waals surface area contributed by atoms with E-state index in [0.717, 1.165) is 12.8 Å². The van der Waals surface area contributed by atoms with Gasteiger partial charge in [-0.25, -0.2) is 0 Å². The Morgan fingerprint density at radius 1 is 1.44 bits per heavy atom. The number of hydrogen-bond acceptors (Lipinski definition) is 2. The highest BCUT2D eigenvalue weighted by Crippen LogP contribution is 1.96. The minimum Gasteiger partial charge on any atom is -0.159 e. The Bertz CT molecular complexity index is 160. The van der Waals surface area contributed by atoms with Crippen molar-refractivity contribution in [3.05, 3.63) is 30.9 Å². The van der Waals surface area contributed by atoms with E-state index in [0.29, 0.717) is 0 Å². The summed E-state index contributed by atoms with van der Waals surface area (Å²) in [6.07, 6.45) is 5.39. The molecular weight excluding hydrogens is 112 g/mol. The lowest BCUT2D eigenvalue weighted by Gasteiger charge is -1.92. The summed E-state index contributed by atoms with van der Waals surface area (Å²) in [6.45, 7) is 3.73. The zero-order valence-corrected chi connectivity index (χ0v) is 5.25. The molecule has 1 aromatic heterocycles. The number of nitrogens with zero attached hydrogens (tertiary/aromatic N) is 2. The van der Waals surface area contributed by atoms with E-state index in [2.05, 4.69) is 17.1 Å². The maximum atomic E-state index is 3.73. The maximum Gasteiger partial charge on any atom is 0.0528 e. The largest absolute Gasteiger partial charge is 0.159 e. The van der Waals surface area contributed by atoms with Gasteiger partial charge in [0.15, 0.2) is 0 Å². The zero-order valence-electron chi connectivity index (χ0n) is 5.25. The van der Waals surface area contributed by atoms with Gasteiger partial charge in [0.1, 0.15) is 0 Å². The van der Waals surface area contributed by atoms with Gasteiger partial charge in [0, 0.05) is 6.20 Å². The lowest BCUT2D eigenvalue weighted by Crippen LogP contribution is -1.85. The molecule has 1 aromatic rings. The van der Waals surface area contributed by atoms with Gasteiger partial charge in [-0.1, -0.05) is 6.92 Å². The SMILES string of the molecule is [CH2]CCc1ccnnc1. The van der Waals surface area contributed by atoms with Gasteiger partial charge >= 0.3 is 0 Å². The van der Waals surface area contributed by atoms with E-state index in [9.17, 15) is 0 Å². The fourth-order valence-corrected chi connectivity index (χ4v) is 0.670. The predicted molar refractivity (Wildman–Crippen MR) is 35.7 cm³/mol. The molecule has 1 radical (unpaired) electrons. The second-order valence-corrected chi connectivity index (χ2v) is 1.85. The molecule has 2 nitrogen and oxygen atoms in total. The van der Waals surface area contributed by atoms with Crippen LogP contribution < -0.4 is 0 Å². The Kier molecular flexibility index (Phi) is 2.19. The molecule has 0 fully saturated rings. The van der Waals surface area contributed by atoms with Gasteiger partial charge in [0.2, 0.25) is 0 Å². The molecule has 0 amide bonds. The lowest BCUT2D eigenvalue weighted by atomic mass is 10.2. The topological polar surface area (TPSA) is 25.8 Å². The molecule has 0 aliphatic rings. The van der Waals surface area contributed by atoms with E-state index in [-0.39, 0.29) is 0 Å². The number of rotatable bonds is 2. The molecule has 0 bridgehead atoms. The minimum absolute atomic E-state index is 0.922. The van der Waals surface area contributed by atoms with E-state index in [1.165, 1.54) is 5.56 Å². The first-order valence-corrected chi connectivity index (χ1v) is 2.98. The van der Waals surface area contributed by atoms with E-state index >= 15 is 0 Å². The molecule has 0 aromatic carbocycles. The van der Waals surface area contributed by atoms with Crippen LogP contribution in [0.15, 0.2) is 18.5 Å². The van der Waals surface area contributed by atoms with Crippen molar-refractivity contribution in [3.8, 4) is 0 Å². The van der Waals surface area contributed by atoms with Crippen molar-refractivity contribution in [2.24, 2.45) is 0 Å². The Hall–Kier alpha value is -0.920. The van der Waals surface area contributed by atoms with Gasteiger partial charge in [0.25, 0.3) is 0 Å². The number of aromatic nitrogens is 2. The van der Waals surface area contributed by atoms with Gasteiger partial charge in [-0.3, -0.25) is 0 Å². The first-order chi connectivity index (χ1) is 4.43. The Balaban J connectivity index is 2.61. The Morgan fingerprint density at radius 3 is 2.89 bits per heavy atom. The van der Waals surface area contributed by atoms with Gasteiger partial charge in [-0.2, -0.15) is 10.2 Å². The summed E-state index contributed by atoms with van der Waals surface area (Å²) in [6, 6.07) is 1.96. The Morgan fingerprint density at radius 2 is 2.33 bits per heavy atom. The van der Waals surface area contributed by atoms with Gasteiger partial charge in [-0.15, -0.1) is 0 Å². The maximum absolute atomic E-state index is 3.73. The smallest absolute Gasteiger partial charge is 0.0528 e. The predicted octanol–water partition coefficient (Wildman–Crippen LogP) is 1.24. The summed E-state index contributed by atoms with van der Waals surface area (Å²) in [4.78, 5) is 0. The first kappa shape index (κ1) is 6.20. The van der Waals surface area contributed by atoms with Gasteiger partial charge in [-0.05, 0) is 24.5 Å². The highest BCUT2D eigenvalue weighted by Gasteiger charge is 1.86. The second-order valence-electron chi connectivity index (χ2n) is 1.85. The van der Waals surface area contributed by atoms with E-state index in [1.807, 2.05) is 6.07 Å². The molecule has 0 unspecified atom stereocenters. The fourth-order valence-electron chi connectivity index (χ4n) is 0.670. The van der Waals surface area contributed by atoms with Crippen LogP contribution in [0, 0.1) is 6.92 Å². The number of hydrogen-bond donors (Lipinski definition) is 0. The first-order valence-electron chi connectivity index (χ1n) is 2.98. The van der Waals surface area contributed by atoms with Crippen LogP contribution in [0.4, 0.5) is 0 Å². The van der Waals surface area contributed by atoms with Crippen LogP contribution in [0.5, 0.6) is 0 Å². The van der Waals surface area contributed by atoms with Crippen LogP contribution in [-0.2, 0) is 6.42 Å². The average molecular weight is 121 g/mol. The molecule has 0 aliphatic carbocycles. The molecule has 0 spiro atoms. The van der Waals surface area contributed by atoms with Crippen LogP contribution in [0.2, 0.25) is 0 Å². The van der Waals surface area contributed by atoms with Gasteiger partial charge in [0.05, 0.1) is 6.20 Å². The molecule has 0 atom stereocenters. The average Bonchev–Trinajstić information content (AvgIpc) is 1.91. The molecule has 1 rings (SSSR count). The third-order valence-corrected chi connectivity index (χ3v) is 1.11. The summed E-state index contributed by atoms with van der Waals surface area (Å²) in [5, 5.41) is 7.38. The second kappa shape index (κ2) is 3.17. The molecule has 0 aliphatic heterocycles. The fraction of sp³-hybridized carbons (Fsp3) is 0.286. The van der Waals surface area contributed by atoms with Crippen molar-refractivity contribution in [3.63, 3.8) is 0 Å². The molecule has 1 heterocycles. The molecular formula is C7H9N2. The van der Waals surface area contributed by atoms with Crippen molar-refractivity contribution < 1.29 is 0 Å². The van der Waals surface area contributed by atoms with Crippen molar-refractivity contribution in [1.29, 1.82) is 0 Å².